The molecule has 160 valence electrons. The Labute approximate surface area is 179 Å². The van der Waals surface area contributed by atoms with Crippen LogP contribution in [0.1, 0.15) is 34.2 Å². The number of nitro benzene ring substituents is 1. The first-order valence-electron chi connectivity index (χ1n) is 9.71. The first kappa shape index (κ1) is 21.7. The highest BCUT2D eigenvalue weighted by molar-refractivity contribution is 5.97. The number of para-hydroxylation sites is 1. The number of carbonyl (C=O) groups excluding carboxylic acids is 2. The van der Waals surface area contributed by atoms with Gasteiger partial charge in [0.25, 0.3) is 11.6 Å². The van der Waals surface area contributed by atoms with Gasteiger partial charge in [0.05, 0.1) is 16.3 Å². The molecule has 3 aromatic rings. The fourth-order valence-corrected chi connectivity index (χ4v) is 3.19. The second kappa shape index (κ2) is 9.21. The topological polar surface area (TPSA) is 119 Å². The summed E-state index contributed by atoms with van der Waals surface area (Å²) in [4.78, 5) is 35.1. The van der Waals surface area contributed by atoms with Gasteiger partial charge in [-0.3, -0.25) is 19.7 Å². The maximum atomic E-state index is 12.5. The molecule has 0 radical (unpaired) electrons. The number of rotatable bonds is 7. The van der Waals surface area contributed by atoms with Crippen molar-refractivity contribution in [2.24, 2.45) is 0 Å². The van der Waals surface area contributed by atoms with E-state index in [-0.39, 0.29) is 23.7 Å². The average Bonchev–Trinajstić information content (AvgIpc) is 3.05. The van der Waals surface area contributed by atoms with Gasteiger partial charge < -0.3 is 10.6 Å². The molecule has 0 saturated carbocycles. The van der Waals surface area contributed by atoms with E-state index in [0.717, 1.165) is 22.6 Å². The van der Waals surface area contributed by atoms with Crippen molar-refractivity contribution in [3.8, 4) is 5.69 Å². The van der Waals surface area contributed by atoms with Crippen molar-refractivity contribution in [2.75, 3.05) is 0 Å². The molecule has 9 nitrogen and oxygen atoms in total. The van der Waals surface area contributed by atoms with E-state index >= 15 is 0 Å². The van der Waals surface area contributed by atoms with Crippen molar-refractivity contribution in [3.05, 3.63) is 87.2 Å². The lowest BCUT2D eigenvalue weighted by Gasteiger charge is -2.14. The predicted octanol–water partition coefficient (Wildman–Crippen LogP) is 2.83. The van der Waals surface area contributed by atoms with Gasteiger partial charge in [-0.05, 0) is 39.0 Å². The lowest BCUT2D eigenvalue weighted by Crippen LogP contribution is -2.44. The van der Waals surface area contributed by atoms with Crippen LogP contribution >= 0.6 is 0 Å². The largest absolute Gasteiger partial charge is 0.350 e. The molecule has 2 amide bonds. The normalized spacial score (nSPS) is 11.6. The molecular formula is C22H23N5O4. The summed E-state index contributed by atoms with van der Waals surface area (Å²) < 4.78 is 1.82. The van der Waals surface area contributed by atoms with Crippen molar-refractivity contribution in [1.82, 2.24) is 20.4 Å². The summed E-state index contributed by atoms with van der Waals surface area (Å²) in [6.45, 7) is 5.63. The van der Waals surface area contributed by atoms with Gasteiger partial charge in [-0.1, -0.05) is 24.3 Å². The van der Waals surface area contributed by atoms with Crippen LogP contribution in [0.2, 0.25) is 0 Å². The molecule has 2 N–H and O–H groups in total. The smallest absolute Gasteiger partial charge is 0.270 e. The van der Waals surface area contributed by atoms with Crippen molar-refractivity contribution < 1.29 is 14.5 Å². The van der Waals surface area contributed by atoms with Crippen LogP contribution in [0.25, 0.3) is 5.69 Å². The second-order valence-corrected chi connectivity index (χ2v) is 7.12. The number of nitrogens with one attached hydrogen (secondary N) is 2. The summed E-state index contributed by atoms with van der Waals surface area (Å²) >= 11 is 0. The molecular weight excluding hydrogens is 398 g/mol. The molecule has 0 saturated heterocycles. The number of hydrogen-bond donors (Lipinski definition) is 2. The maximum absolute atomic E-state index is 12.5. The van der Waals surface area contributed by atoms with E-state index in [1.54, 1.807) is 6.92 Å². The summed E-state index contributed by atoms with van der Waals surface area (Å²) in [5.74, 6) is -0.930. The third kappa shape index (κ3) is 4.95. The zero-order valence-electron chi connectivity index (χ0n) is 17.5. The minimum Gasteiger partial charge on any atom is -0.350 e. The summed E-state index contributed by atoms with van der Waals surface area (Å²) in [5, 5.41) is 20.8. The lowest BCUT2D eigenvalue weighted by molar-refractivity contribution is -0.384. The molecule has 0 aliphatic rings. The highest BCUT2D eigenvalue weighted by Gasteiger charge is 2.19. The van der Waals surface area contributed by atoms with Crippen LogP contribution in [-0.4, -0.2) is 32.6 Å². The Morgan fingerprint density at radius 3 is 2.52 bits per heavy atom. The minimum absolute atomic E-state index is 0.115. The average molecular weight is 421 g/mol. The maximum Gasteiger partial charge on any atom is 0.270 e. The highest BCUT2D eigenvalue weighted by Crippen LogP contribution is 2.18. The van der Waals surface area contributed by atoms with Crippen LogP contribution in [0, 0.1) is 24.0 Å². The minimum atomic E-state index is -0.823. The molecule has 0 aliphatic carbocycles. The van der Waals surface area contributed by atoms with Gasteiger partial charge >= 0.3 is 0 Å². The molecule has 1 aromatic heterocycles. The molecule has 0 unspecified atom stereocenters. The van der Waals surface area contributed by atoms with E-state index in [9.17, 15) is 19.7 Å². The summed E-state index contributed by atoms with van der Waals surface area (Å²) in [5.41, 5.74) is 3.47. The van der Waals surface area contributed by atoms with Crippen molar-refractivity contribution in [3.63, 3.8) is 0 Å². The molecule has 9 heteroatoms. The number of benzene rings is 2. The molecule has 1 heterocycles. The Morgan fingerprint density at radius 1 is 1.13 bits per heavy atom. The van der Waals surface area contributed by atoms with Crippen LogP contribution in [0.3, 0.4) is 0 Å². The van der Waals surface area contributed by atoms with E-state index in [0.29, 0.717) is 0 Å². The quantitative estimate of drug-likeness (QED) is 0.449. The summed E-state index contributed by atoms with van der Waals surface area (Å²) in [6.07, 6.45) is 0. The number of aryl methyl sites for hydroxylation is 1. The molecule has 0 aliphatic heterocycles. The van der Waals surface area contributed by atoms with Crippen LogP contribution in [0.4, 0.5) is 5.69 Å². The first-order chi connectivity index (χ1) is 14.8. The number of nitrogens with zero attached hydrogens (tertiary/aromatic N) is 3. The van der Waals surface area contributed by atoms with Crippen molar-refractivity contribution >= 4 is 17.5 Å². The molecule has 31 heavy (non-hydrogen) atoms. The standard InChI is InChI=1S/C22H23N5O4/c1-14-20(16(3)26(25-14)18-9-5-4-6-10-18)13-23-21(28)15(2)24-22(29)17-8-7-11-19(12-17)27(30)31/h4-12,15H,13H2,1-3H3,(H,23,28)(H,24,29)/t15-/m0/s1. The number of hydrogen-bond acceptors (Lipinski definition) is 5. The van der Waals surface area contributed by atoms with Gasteiger partial charge in [0.15, 0.2) is 0 Å². The highest BCUT2D eigenvalue weighted by atomic mass is 16.6. The molecule has 1 atom stereocenters. The lowest BCUT2D eigenvalue weighted by atomic mass is 10.1. The van der Waals surface area contributed by atoms with Crippen LogP contribution in [0.15, 0.2) is 54.6 Å². The Morgan fingerprint density at radius 2 is 1.84 bits per heavy atom. The zero-order chi connectivity index (χ0) is 22.5. The summed E-state index contributed by atoms with van der Waals surface area (Å²) in [7, 11) is 0. The number of aromatic nitrogens is 2. The molecule has 2 aromatic carbocycles. The second-order valence-electron chi connectivity index (χ2n) is 7.12. The Kier molecular flexibility index (Phi) is 6.44. The number of carbonyl (C=O) groups is 2. The SMILES string of the molecule is Cc1nn(-c2ccccc2)c(C)c1CNC(=O)[C@H](C)NC(=O)c1cccc([N+](=O)[O-])c1. The third-order valence-electron chi connectivity index (χ3n) is 4.94. The van der Waals surface area contributed by atoms with Crippen LogP contribution in [-0.2, 0) is 11.3 Å². The molecule has 0 fully saturated rings. The number of nitro groups is 1. The molecule has 3 rings (SSSR count). The Hall–Kier alpha value is -4.01. The van der Waals surface area contributed by atoms with Gasteiger partial charge in [0, 0.05) is 35.5 Å². The van der Waals surface area contributed by atoms with Gasteiger partial charge in [-0.25, -0.2) is 4.68 Å². The van der Waals surface area contributed by atoms with Crippen LogP contribution < -0.4 is 10.6 Å². The van der Waals surface area contributed by atoms with Gasteiger partial charge in [0.2, 0.25) is 5.91 Å². The van der Waals surface area contributed by atoms with E-state index in [2.05, 4.69) is 15.7 Å². The Balaban J connectivity index is 1.63. The fourth-order valence-electron chi connectivity index (χ4n) is 3.19. The van der Waals surface area contributed by atoms with E-state index in [1.807, 2.05) is 48.9 Å². The molecule has 0 bridgehead atoms. The zero-order valence-corrected chi connectivity index (χ0v) is 17.5. The van der Waals surface area contributed by atoms with Gasteiger partial charge in [0.1, 0.15) is 6.04 Å². The van der Waals surface area contributed by atoms with E-state index in [4.69, 9.17) is 0 Å². The number of non-ortho nitro benzene ring substituents is 1. The monoisotopic (exact) mass is 421 g/mol. The van der Waals surface area contributed by atoms with Crippen molar-refractivity contribution in [1.29, 1.82) is 0 Å². The summed E-state index contributed by atoms with van der Waals surface area (Å²) in [6, 6.07) is 14.2. The van der Waals surface area contributed by atoms with E-state index in [1.165, 1.54) is 24.3 Å². The first-order valence-corrected chi connectivity index (χ1v) is 9.71. The molecule has 0 spiro atoms. The van der Waals surface area contributed by atoms with Crippen molar-refractivity contribution in [2.45, 2.75) is 33.4 Å². The predicted molar refractivity (Wildman–Crippen MR) is 115 cm³/mol. The number of amides is 2. The van der Waals surface area contributed by atoms with Crippen LogP contribution in [0.5, 0.6) is 0 Å². The fraction of sp³-hybridized carbons (Fsp3) is 0.227. The van der Waals surface area contributed by atoms with Gasteiger partial charge in [-0.2, -0.15) is 5.10 Å². The van der Waals surface area contributed by atoms with E-state index < -0.39 is 16.9 Å². The third-order valence-corrected chi connectivity index (χ3v) is 4.94. The van der Waals surface area contributed by atoms with Gasteiger partial charge in [-0.15, -0.1) is 0 Å². The Bertz CT molecular complexity index is 1120.